The van der Waals surface area contributed by atoms with E-state index < -0.39 is 9.84 Å². The van der Waals surface area contributed by atoms with Crippen LogP contribution in [0.25, 0.3) is 4.96 Å². The fourth-order valence-electron chi connectivity index (χ4n) is 2.23. The van der Waals surface area contributed by atoms with Gasteiger partial charge in [-0.25, -0.2) is 13.4 Å². The van der Waals surface area contributed by atoms with Gasteiger partial charge in [0.1, 0.15) is 5.78 Å². The molecule has 0 bridgehead atoms. The van der Waals surface area contributed by atoms with Gasteiger partial charge in [0.15, 0.2) is 14.8 Å². The van der Waals surface area contributed by atoms with Gasteiger partial charge in [-0.3, -0.25) is 9.20 Å². The quantitative estimate of drug-likeness (QED) is 0.841. The van der Waals surface area contributed by atoms with E-state index in [0.717, 1.165) is 10.7 Å². The summed E-state index contributed by atoms with van der Waals surface area (Å²) in [6, 6.07) is 0. The Balaban J connectivity index is 1.73. The molecule has 1 aliphatic heterocycles. The van der Waals surface area contributed by atoms with Crippen LogP contribution >= 0.6 is 11.3 Å². The van der Waals surface area contributed by atoms with Crippen molar-refractivity contribution in [1.82, 2.24) is 9.38 Å². The predicted octanol–water partition coefficient (Wildman–Crippen LogP) is 0.942. The van der Waals surface area contributed by atoms with E-state index in [1.807, 2.05) is 22.2 Å². The van der Waals surface area contributed by atoms with Gasteiger partial charge in [0, 0.05) is 23.7 Å². The molecule has 2 aromatic heterocycles. The minimum absolute atomic E-state index is 0.00799. The van der Waals surface area contributed by atoms with Crippen LogP contribution in [-0.4, -0.2) is 35.1 Å². The molecule has 0 spiro atoms. The Kier molecular flexibility index (Phi) is 2.74. The van der Waals surface area contributed by atoms with Crippen molar-refractivity contribution in [3.8, 4) is 0 Å². The van der Waals surface area contributed by atoms with Crippen LogP contribution in [-0.2, 0) is 21.1 Å². The summed E-state index contributed by atoms with van der Waals surface area (Å²) in [6.45, 7) is 0. The molecule has 0 saturated carbocycles. The summed E-state index contributed by atoms with van der Waals surface area (Å²) >= 11 is 1.51. The summed E-state index contributed by atoms with van der Waals surface area (Å²) in [5, 5.41) is 1.93. The van der Waals surface area contributed by atoms with Crippen LogP contribution in [0.5, 0.6) is 0 Å². The second-order valence-corrected chi connectivity index (χ2v) is 7.67. The fourth-order valence-corrected chi connectivity index (χ4v) is 4.73. The number of sulfone groups is 1. The van der Waals surface area contributed by atoms with Crippen LogP contribution in [0.1, 0.15) is 12.1 Å². The Morgan fingerprint density at radius 3 is 3.06 bits per heavy atom. The first-order chi connectivity index (χ1) is 8.53. The number of fused-ring (bicyclic) bond motifs is 1. The Labute approximate surface area is 108 Å². The summed E-state index contributed by atoms with van der Waals surface area (Å²) in [5.74, 6) is -0.202. The molecule has 18 heavy (non-hydrogen) atoms. The third kappa shape index (κ3) is 2.20. The number of hydrogen-bond acceptors (Lipinski definition) is 5. The van der Waals surface area contributed by atoms with Crippen LogP contribution < -0.4 is 0 Å². The van der Waals surface area contributed by atoms with Gasteiger partial charge >= 0.3 is 0 Å². The Morgan fingerprint density at radius 2 is 2.39 bits per heavy atom. The van der Waals surface area contributed by atoms with Gasteiger partial charge in [-0.05, 0) is 6.42 Å². The number of nitrogens with zero attached hydrogens (tertiary/aromatic N) is 2. The lowest BCUT2D eigenvalue weighted by Gasteiger charge is -2.03. The monoisotopic (exact) mass is 284 g/mol. The third-order valence-corrected chi connectivity index (χ3v) is 5.72. The number of aromatic nitrogens is 2. The van der Waals surface area contributed by atoms with E-state index in [1.54, 1.807) is 0 Å². The SMILES string of the molecule is O=C(Cc1cn2ccsc2n1)C1CCS(=O)(=O)C1. The van der Waals surface area contributed by atoms with Gasteiger partial charge in [0.05, 0.1) is 23.6 Å². The molecule has 3 rings (SSSR count). The number of Topliss-reactive ketones (excluding diaryl/α,β-unsaturated/α-hetero) is 1. The lowest BCUT2D eigenvalue weighted by Crippen LogP contribution is -2.18. The van der Waals surface area contributed by atoms with Crippen molar-refractivity contribution in [2.24, 2.45) is 5.92 Å². The second-order valence-electron chi connectivity index (χ2n) is 4.57. The normalized spacial score (nSPS) is 22.6. The van der Waals surface area contributed by atoms with Crippen LogP contribution in [0, 0.1) is 5.92 Å². The van der Waals surface area contributed by atoms with Gasteiger partial charge in [0.25, 0.3) is 0 Å². The zero-order chi connectivity index (χ0) is 12.8. The Hall–Kier alpha value is -1.21. The average molecular weight is 284 g/mol. The highest BCUT2D eigenvalue weighted by atomic mass is 32.2. The molecule has 0 aliphatic carbocycles. The van der Waals surface area contributed by atoms with Crippen LogP contribution in [0.15, 0.2) is 17.8 Å². The molecule has 2 aromatic rings. The summed E-state index contributed by atoms with van der Waals surface area (Å²) < 4.78 is 24.5. The van der Waals surface area contributed by atoms with E-state index in [9.17, 15) is 13.2 Å². The molecule has 96 valence electrons. The lowest BCUT2D eigenvalue weighted by molar-refractivity contribution is -0.121. The molecule has 1 unspecified atom stereocenters. The van der Waals surface area contributed by atoms with Crippen LogP contribution in [0.4, 0.5) is 0 Å². The molecule has 1 atom stereocenters. The van der Waals surface area contributed by atoms with Crippen LogP contribution in [0.3, 0.4) is 0 Å². The van der Waals surface area contributed by atoms with E-state index in [-0.39, 0.29) is 29.6 Å². The van der Waals surface area contributed by atoms with Crippen molar-refractivity contribution in [3.05, 3.63) is 23.5 Å². The molecule has 0 N–H and O–H groups in total. The predicted molar refractivity (Wildman–Crippen MR) is 68.5 cm³/mol. The maximum atomic E-state index is 12.0. The molecular formula is C11H12N2O3S2. The number of ketones is 1. The molecule has 0 amide bonds. The number of carbonyl (C=O) groups is 1. The van der Waals surface area contributed by atoms with Gasteiger partial charge < -0.3 is 0 Å². The molecule has 0 aromatic carbocycles. The first kappa shape index (κ1) is 11.9. The number of imidazole rings is 1. The summed E-state index contributed by atoms with van der Waals surface area (Å²) in [4.78, 5) is 17.2. The second kappa shape index (κ2) is 4.17. The average Bonchev–Trinajstić information content (AvgIpc) is 2.91. The number of rotatable bonds is 3. The lowest BCUT2D eigenvalue weighted by atomic mass is 10.0. The zero-order valence-electron chi connectivity index (χ0n) is 9.57. The van der Waals surface area contributed by atoms with Crippen LogP contribution in [0.2, 0.25) is 0 Å². The third-order valence-electron chi connectivity index (χ3n) is 3.19. The highest BCUT2D eigenvalue weighted by molar-refractivity contribution is 7.91. The first-order valence-corrected chi connectivity index (χ1v) is 8.38. The molecule has 5 nitrogen and oxygen atoms in total. The molecule has 1 aliphatic rings. The highest BCUT2D eigenvalue weighted by Gasteiger charge is 2.32. The van der Waals surface area contributed by atoms with E-state index in [4.69, 9.17) is 0 Å². The topological polar surface area (TPSA) is 68.5 Å². The molecule has 1 saturated heterocycles. The smallest absolute Gasteiger partial charge is 0.193 e. The van der Waals surface area contributed by atoms with E-state index in [1.165, 1.54) is 11.3 Å². The standard InChI is InChI=1S/C11H12N2O3S2/c14-10(8-1-4-18(15,16)7-8)5-9-6-13-2-3-17-11(13)12-9/h2-3,6,8H,1,4-5,7H2. The van der Waals surface area contributed by atoms with Crippen molar-refractivity contribution < 1.29 is 13.2 Å². The summed E-state index contributed by atoms with van der Waals surface area (Å²) in [7, 11) is -2.99. The maximum absolute atomic E-state index is 12.0. The summed E-state index contributed by atoms with van der Waals surface area (Å²) in [6.07, 6.45) is 4.41. The van der Waals surface area contributed by atoms with Gasteiger partial charge in [-0.2, -0.15) is 0 Å². The largest absolute Gasteiger partial charge is 0.299 e. The molecule has 7 heteroatoms. The Morgan fingerprint density at radius 1 is 1.56 bits per heavy atom. The van der Waals surface area contributed by atoms with E-state index in [2.05, 4.69) is 4.98 Å². The maximum Gasteiger partial charge on any atom is 0.193 e. The van der Waals surface area contributed by atoms with Crippen molar-refractivity contribution in [2.75, 3.05) is 11.5 Å². The minimum atomic E-state index is -2.99. The molecule has 0 radical (unpaired) electrons. The number of thiazole rings is 1. The Bertz CT molecular complexity index is 670. The summed E-state index contributed by atoms with van der Waals surface area (Å²) in [5.41, 5.74) is 0.719. The molecule has 1 fully saturated rings. The van der Waals surface area contributed by atoms with Crippen molar-refractivity contribution >= 4 is 31.9 Å². The molecular weight excluding hydrogens is 272 g/mol. The van der Waals surface area contributed by atoms with Gasteiger partial charge in [-0.1, -0.05) is 0 Å². The van der Waals surface area contributed by atoms with E-state index >= 15 is 0 Å². The fraction of sp³-hybridized carbons (Fsp3) is 0.455. The first-order valence-electron chi connectivity index (χ1n) is 5.68. The minimum Gasteiger partial charge on any atom is -0.299 e. The zero-order valence-corrected chi connectivity index (χ0v) is 11.2. The van der Waals surface area contributed by atoms with E-state index in [0.29, 0.717) is 6.42 Å². The number of carbonyl (C=O) groups excluding carboxylic acids is 1. The van der Waals surface area contributed by atoms with Crippen molar-refractivity contribution in [3.63, 3.8) is 0 Å². The molecule has 3 heterocycles. The van der Waals surface area contributed by atoms with Crippen molar-refractivity contribution in [2.45, 2.75) is 12.8 Å². The van der Waals surface area contributed by atoms with Crippen molar-refractivity contribution in [1.29, 1.82) is 0 Å². The highest BCUT2D eigenvalue weighted by Crippen LogP contribution is 2.21. The van der Waals surface area contributed by atoms with Gasteiger partial charge in [-0.15, -0.1) is 11.3 Å². The number of hydrogen-bond donors (Lipinski definition) is 0. The van der Waals surface area contributed by atoms with Gasteiger partial charge in [0.2, 0.25) is 0 Å².